The van der Waals surface area contributed by atoms with Gasteiger partial charge in [-0.15, -0.1) is 0 Å². The van der Waals surface area contributed by atoms with E-state index < -0.39 is 6.10 Å². The van der Waals surface area contributed by atoms with Crippen LogP contribution >= 0.6 is 11.6 Å². The third-order valence-corrected chi connectivity index (χ3v) is 5.29. The maximum Gasteiger partial charge on any atom is 0.253 e. The van der Waals surface area contributed by atoms with Crippen LogP contribution in [0.3, 0.4) is 0 Å². The van der Waals surface area contributed by atoms with Crippen molar-refractivity contribution in [3.05, 3.63) is 70.7 Å². The van der Waals surface area contributed by atoms with Crippen LogP contribution in [0.5, 0.6) is 0 Å². The van der Waals surface area contributed by atoms with Crippen molar-refractivity contribution >= 4 is 17.5 Å². The van der Waals surface area contributed by atoms with Crippen molar-refractivity contribution in [3.63, 3.8) is 0 Å². The molecular weight excluding hydrogens is 374 g/mol. The predicted molar refractivity (Wildman–Crippen MR) is 113 cm³/mol. The molecule has 1 aliphatic rings. The van der Waals surface area contributed by atoms with E-state index in [2.05, 4.69) is 21.9 Å². The second-order valence-electron chi connectivity index (χ2n) is 7.44. The van der Waals surface area contributed by atoms with Gasteiger partial charge in [0.05, 0.1) is 6.10 Å². The average molecular weight is 402 g/mol. The van der Waals surface area contributed by atoms with E-state index in [1.807, 2.05) is 30.1 Å². The highest BCUT2D eigenvalue weighted by Crippen LogP contribution is 2.13. The summed E-state index contributed by atoms with van der Waals surface area (Å²) >= 11 is 5.89. The number of piperazine rings is 1. The van der Waals surface area contributed by atoms with Crippen LogP contribution in [-0.2, 0) is 6.54 Å². The third-order valence-electron chi connectivity index (χ3n) is 5.04. The van der Waals surface area contributed by atoms with Crippen molar-refractivity contribution < 1.29 is 9.90 Å². The molecule has 1 fully saturated rings. The number of likely N-dealkylation sites (N-methyl/N-ethyl adjacent to an activating group) is 1. The van der Waals surface area contributed by atoms with Gasteiger partial charge < -0.3 is 10.0 Å². The summed E-state index contributed by atoms with van der Waals surface area (Å²) in [5, 5.41) is 11.1. The van der Waals surface area contributed by atoms with Gasteiger partial charge in [0.1, 0.15) is 0 Å². The van der Waals surface area contributed by atoms with Crippen LogP contribution in [0.4, 0.5) is 0 Å². The summed E-state index contributed by atoms with van der Waals surface area (Å²) in [6.45, 7) is 4.97. The highest BCUT2D eigenvalue weighted by Gasteiger charge is 2.23. The smallest absolute Gasteiger partial charge is 0.253 e. The molecule has 0 saturated carbocycles. The minimum Gasteiger partial charge on any atom is -0.390 e. The molecule has 5 nitrogen and oxygen atoms in total. The van der Waals surface area contributed by atoms with Crippen molar-refractivity contribution in [3.8, 4) is 0 Å². The third kappa shape index (κ3) is 6.04. The topological polar surface area (TPSA) is 47.0 Å². The number of aliphatic hydroxyl groups is 1. The van der Waals surface area contributed by atoms with E-state index in [-0.39, 0.29) is 5.91 Å². The summed E-state index contributed by atoms with van der Waals surface area (Å²) in [5.41, 5.74) is 1.91. The second-order valence-corrected chi connectivity index (χ2v) is 7.87. The van der Waals surface area contributed by atoms with E-state index in [4.69, 9.17) is 11.6 Å². The molecule has 3 rings (SSSR count). The molecule has 150 valence electrons. The summed E-state index contributed by atoms with van der Waals surface area (Å²) in [6, 6.07) is 17.3. The van der Waals surface area contributed by atoms with Crippen molar-refractivity contribution in [2.75, 3.05) is 46.3 Å². The number of rotatable bonds is 7. The largest absolute Gasteiger partial charge is 0.390 e. The van der Waals surface area contributed by atoms with Crippen LogP contribution < -0.4 is 0 Å². The Bertz CT molecular complexity index is 746. The number of β-amino-alcohol motifs (C(OH)–C–C–N with tert-alkyl or cyclic N) is 1. The standard InChI is InChI=1S/C22H28ClN3O2/c1-24(15-18-5-3-2-4-6-18)16-21(27)17-25-11-13-26(14-12-25)22(28)19-7-9-20(23)10-8-19/h2-10,21,27H,11-17H2,1H3. The van der Waals surface area contributed by atoms with Crippen molar-refractivity contribution in [1.82, 2.24) is 14.7 Å². The van der Waals surface area contributed by atoms with Crippen molar-refractivity contribution in [1.29, 1.82) is 0 Å². The molecule has 28 heavy (non-hydrogen) atoms. The predicted octanol–water partition coefficient (Wildman–Crippen LogP) is 2.59. The highest BCUT2D eigenvalue weighted by molar-refractivity contribution is 6.30. The molecule has 1 amide bonds. The summed E-state index contributed by atoms with van der Waals surface area (Å²) in [6.07, 6.45) is -0.410. The number of hydrogen-bond donors (Lipinski definition) is 1. The van der Waals surface area contributed by atoms with Crippen molar-refractivity contribution in [2.24, 2.45) is 0 Å². The van der Waals surface area contributed by atoms with Gasteiger partial charge in [-0.05, 0) is 36.9 Å². The van der Waals surface area contributed by atoms with Gasteiger partial charge in [-0.2, -0.15) is 0 Å². The Morgan fingerprint density at radius 1 is 1.07 bits per heavy atom. The van der Waals surface area contributed by atoms with E-state index in [9.17, 15) is 9.90 Å². The first-order chi connectivity index (χ1) is 13.5. The van der Waals surface area contributed by atoms with Crippen LogP contribution in [0, 0.1) is 0 Å². The Labute approximate surface area is 172 Å². The molecule has 1 atom stereocenters. The van der Waals surface area contributed by atoms with Crippen LogP contribution in [0.15, 0.2) is 54.6 Å². The molecule has 0 radical (unpaired) electrons. The van der Waals surface area contributed by atoms with E-state index in [1.165, 1.54) is 5.56 Å². The number of amides is 1. The lowest BCUT2D eigenvalue weighted by Crippen LogP contribution is -2.51. The zero-order valence-electron chi connectivity index (χ0n) is 16.3. The number of aliphatic hydroxyl groups excluding tert-OH is 1. The normalized spacial score (nSPS) is 16.4. The Kier molecular flexibility index (Phi) is 7.45. The highest BCUT2D eigenvalue weighted by atomic mass is 35.5. The number of nitrogens with zero attached hydrogens (tertiary/aromatic N) is 3. The SMILES string of the molecule is CN(Cc1ccccc1)CC(O)CN1CCN(C(=O)c2ccc(Cl)cc2)CC1. The molecule has 0 aliphatic carbocycles. The number of benzene rings is 2. The van der Waals surface area contributed by atoms with Crippen LogP contribution in [0.25, 0.3) is 0 Å². The minimum absolute atomic E-state index is 0.0412. The molecule has 2 aromatic carbocycles. The van der Waals surface area contributed by atoms with Crippen LogP contribution in [-0.4, -0.2) is 78.1 Å². The van der Waals surface area contributed by atoms with Gasteiger partial charge in [-0.25, -0.2) is 0 Å². The van der Waals surface area contributed by atoms with Crippen molar-refractivity contribution in [2.45, 2.75) is 12.6 Å². The van der Waals surface area contributed by atoms with E-state index in [0.717, 1.165) is 19.6 Å². The molecule has 1 saturated heterocycles. The molecule has 1 unspecified atom stereocenters. The molecule has 0 aromatic heterocycles. The fourth-order valence-corrected chi connectivity index (χ4v) is 3.71. The molecular formula is C22H28ClN3O2. The average Bonchev–Trinajstić information content (AvgIpc) is 2.69. The molecule has 1 N–H and O–H groups in total. The first kappa shape index (κ1) is 20.8. The Hall–Kier alpha value is -1.92. The van der Waals surface area contributed by atoms with Gasteiger partial charge >= 0.3 is 0 Å². The number of carbonyl (C=O) groups excluding carboxylic acids is 1. The molecule has 0 bridgehead atoms. The second kappa shape index (κ2) is 10.0. The zero-order valence-corrected chi connectivity index (χ0v) is 17.1. The Balaban J connectivity index is 1.41. The fraction of sp³-hybridized carbons (Fsp3) is 0.409. The lowest BCUT2D eigenvalue weighted by molar-refractivity contribution is 0.0453. The van der Waals surface area contributed by atoms with Gasteiger partial charge in [-0.3, -0.25) is 14.6 Å². The quantitative estimate of drug-likeness (QED) is 0.774. The monoisotopic (exact) mass is 401 g/mol. The maximum atomic E-state index is 12.6. The van der Waals surface area contributed by atoms with Crippen LogP contribution in [0.1, 0.15) is 15.9 Å². The fourth-order valence-electron chi connectivity index (χ4n) is 3.58. The molecule has 0 spiro atoms. The maximum absolute atomic E-state index is 12.6. The lowest BCUT2D eigenvalue weighted by Gasteiger charge is -2.36. The van der Waals surface area contributed by atoms with Gasteiger partial charge in [0.25, 0.3) is 5.91 Å². The Morgan fingerprint density at radius 3 is 2.36 bits per heavy atom. The number of carbonyl (C=O) groups is 1. The first-order valence-electron chi connectivity index (χ1n) is 9.69. The number of halogens is 1. The van der Waals surface area contributed by atoms with Gasteiger partial charge in [-0.1, -0.05) is 41.9 Å². The van der Waals surface area contributed by atoms with Crippen LogP contribution in [0.2, 0.25) is 5.02 Å². The molecule has 1 aliphatic heterocycles. The lowest BCUT2D eigenvalue weighted by atomic mass is 10.1. The summed E-state index contributed by atoms with van der Waals surface area (Å²) in [5.74, 6) is 0.0412. The first-order valence-corrected chi connectivity index (χ1v) is 10.1. The summed E-state index contributed by atoms with van der Waals surface area (Å²) in [4.78, 5) is 18.8. The van der Waals surface area contributed by atoms with Gasteiger partial charge in [0.2, 0.25) is 0 Å². The van der Waals surface area contributed by atoms with E-state index in [0.29, 0.717) is 36.8 Å². The summed E-state index contributed by atoms with van der Waals surface area (Å²) < 4.78 is 0. The minimum atomic E-state index is -0.410. The number of hydrogen-bond acceptors (Lipinski definition) is 4. The molecule has 6 heteroatoms. The molecule has 1 heterocycles. The zero-order chi connectivity index (χ0) is 19.9. The molecule has 2 aromatic rings. The van der Waals surface area contributed by atoms with Gasteiger partial charge in [0.15, 0.2) is 0 Å². The Morgan fingerprint density at radius 2 is 1.71 bits per heavy atom. The van der Waals surface area contributed by atoms with E-state index >= 15 is 0 Å². The summed E-state index contributed by atoms with van der Waals surface area (Å²) in [7, 11) is 2.03. The van der Waals surface area contributed by atoms with E-state index in [1.54, 1.807) is 24.3 Å². The van der Waals surface area contributed by atoms with Gasteiger partial charge in [0, 0.05) is 56.4 Å².